The van der Waals surface area contributed by atoms with Crippen molar-refractivity contribution in [1.29, 1.82) is 5.26 Å². The van der Waals surface area contributed by atoms with Gasteiger partial charge in [-0.1, -0.05) is 27.7 Å². The molecule has 3 unspecified atom stereocenters. The Bertz CT molecular complexity index is 564. The molecule has 28 heavy (non-hydrogen) atoms. The summed E-state index contributed by atoms with van der Waals surface area (Å²) in [5, 5.41) is 12.6. The lowest BCUT2D eigenvalue weighted by Crippen LogP contribution is -2.51. The molecule has 1 saturated heterocycles. The van der Waals surface area contributed by atoms with Gasteiger partial charge in [0.15, 0.2) is 8.32 Å². The number of nitriles is 1. The third-order valence-electron chi connectivity index (χ3n) is 5.76. The van der Waals surface area contributed by atoms with Crippen LogP contribution in [0, 0.1) is 16.7 Å². The van der Waals surface area contributed by atoms with Gasteiger partial charge in [-0.15, -0.1) is 0 Å². The van der Waals surface area contributed by atoms with Crippen molar-refractivity contribution in [3.05, 3.63) is 0 Å². The van der Waals surface area contributed by atoms with E-state index in [0.717, 1.165) is 12.8 Å². The summed E-state index contributed by atoms with van der Waals surface area (Å²) in [6, 6.07) is 2.36. The smallest absolute Gasteiger partial charge is 0.407 e. The van der Waals surface area contributed by atoms with Crippen LogP contribution in [0.4, 0.5) is 4.79 Å². The summed E-state index contributed by atoms with van der Waals surface area (Å²) < 4.78 is 18.0. The predicted molar refractivity (Wildman–Crippen MR) is 114 cm³/mol. The normalized spacial score (nSPS) is 24.9. The van der Waals surface area contributed by atoms with Gasteiger partial charge in [0.25, 0.3) is 0 Å². The second-order valence-electron chi connectivity index (χ2n) is 10.5. The Morgan fingerprint density at radius 1 is 1.32 bits per heavy atom. The number of nitrogens with zero attached hydrogens (tertiary/aromatic N) is 1. The fourth-order valence-corrected chi connectivity index (χ4v) is 4.36. The van der Waals surface area contributed by atoms with Gasteiger partial charge in [-0.2, -0.15) is 5.26 Å². The summed E-state index contributed by atoms with van der Waals surface area (Å²) in [5.41, 5.74) is -1.28. The van der Waals surface area contributed by atoms with E-state index in [1.165, 1.54) is 0 Å². The van der Waals surface area contributed by atoms with Crippen molar-refractivity contribution in [2.24, 2.45) is 5.41 Å². The molecule has 1 amide bonds. The Kier molecular flexibility index (Phi) is 8.14. The van der Waals surface area contributed by atoms with E-state index in [2.05, 4.69) is 52.2 Å². The highest BCUT2D eigenvalue weighted by Gasteiger charge is 2.43. The van der Waals surface area contributed by atoms with Crippen LogP contribution in [0.25, 0.3) is 0 Å². The maximum absolute atomic E-state index is 11.9. The number of ether oxygens (including phenoxy) is 2. The minimum atomic E-state index is -1.89. The fraction of sp³-hybridized carbons (Fsp3) is 0.905. The number of amides is 1. The summed E-state index contributed by atoms with van der Waals surface area (Å²) in [4.78, 5) is 11.9. The van der Waals surface area contributed by atoms with Gasteiger partial charge in [-0.05, 0) is 58.2 Å². The van der Waals surface area contributed by atoms with Gasteiger partial charge in [-0.25, -0.2) is 4.79 Å². The molecular weight excluding hydrogens is 372 g/mol. The first kappa shape index (κ1) is 24.9. The Balaban J connectivity index is 2.67. The standard InChI is InChI=1S/C21H40N2O4Si/c1-10-16(27-28(8,9)20(5,6)7)17-11-12-21(13-22,15-25-17)14-23-18(24)26-19(2,3)4/h16-17H,10-12,14-15H2,1-9H3,(H,23,24). The number of carbonyl (C=O) groups excluding carboxylic acids is 1. The summed E-state index contributed by atoms with van der Waals surface area (Å²) in [7, 11) is -1.89. The van der Waals surface area contributed by atoms with Gasteiger partial charge >= 0.3 is 6.09 Å². The maximum Gasteiger partial charge on any atom is 0.407 e. The second kappa shape index (κ2) is 9.14. The third-order valence-corrected chi connectivity index (χ3v) is 10.3. The highest BCUT2D eigenvalue weighted by atomic mass is 28.4. The van der Waals surface area contributed by atoms with E-state index in [0.29, 0.717) is 13.0 Å². The monoisotopic (exact) mass is 412 g/mol. The number of hydrogen-bond donors (Lipinski definition) is 1. The highest BCUT2D eigenvalue weighted by molar-refractivity contribution is 6.74. The maximum atomic E-state index is 11.9. The molecule has 1 heterocycles. The molecule has 0 aromatic rings. The van der Waals surface area contributed by atoms with E-state index >= 15 is 0 Å². The quantitative estimate of drug-likeness (QED) is 0.621. The van der Waals surface area contributed by atoms with Crippen LogP contribution < -0.4 is 5.32 Å². The molecule has 1 fully saturated rings. The molecule has 1 aliphatic rings. The largest absolute Gasteiger partial charge is 0.444 e. The summed E-state index contributed by atoms with van der Waals surface area (Å²) >= 11 is 0. The molecule has 0 aliphatic carbocycles. The topological polar surface area (TPSA) is 80.6 Å². The molecule has 6 nitrogen and oxygen atoms in total. The molecule has 0 aromatic carbocycles. The van der Waals surface area contributed by atoms with Gasteiger partial charge in [0.05, 0.1) is 30.3 Å². The molecule has 7 heteroatoms. The van der Waals surface area contributed by atoms with Crippen LogP contribution in [-0.4, -0.2) is 45.4 Å². The summed E-state index contributed by atoms with van der Waals surface area (Å²) in [6.45, 7) is 19.3. The zero-order valence-corrected chi connectivity index (χ0v) is 20.3. The SMILES string of the molecule is CCC(O[Si](C)(C)C(C)(C)C)C1CCC(C#N)(CNC(=O)OC(C)(C)C)CO1. The van der Waals surface area contributed by atoms with Crippen molar-refractivity contribution < 1.29 is 18.7 Å². The van der Waals surface area contributed by atoms with Gasteiger partial charge in [0.1, 0.15) is 5.60 Å². The molecule has 0 bridgehead atoms. The van der Waals surface area contributed by atoms with Crippen molar-refractivity contribution in [2.45, 2.75) is 104 Å². The molecular formula is C21H40N2O4Si. The van der Waals surface area contributed by atoms with E-state index in [-0.39, 0.29) is 23.8 Å². The van der Waals surface area contributed by atoms with Crippen molar-refractivity contribution in [2.75, 3.05) is 13.2 Å². The van der Waals surface area contributed by atoms with Crippen molar-refractivity contribution in [3.8, 4) is 6.07 Å². The highest BCUT2D eigenvalue weighted by Crippen LogP contribution is 2.40. The Morgan fingerprint density at radius 2 is 1.93 bits per heavy atom. The fourth-order valence-electron chi connectivity index (χ4n) is 2.93. The first-order chi connectivity index (χ1) is 12.6. The van der Waals surface area contributed by atoms with E-state index in [9.17, 15) is 10.1 Å². The Morgan fingerprint density at radius 3 is 2.32 bits per heavy atom. The molecule has 0 spiro atoms. The molecule has 1 rings (SSSR count). The van der Waals surface area contributed by atoms with E-state index < -0.39 is 25.4 Å². The van der Waals surface area contributed by atoms with Gasteiger partial charge in [0.2, 0.25) is 0 Å². The van der Waals surface area contributed by atoms with Crippen LogP contribution in [0.3, 0.4) is 0 Å². The molecule has 0 radical (unpaired) electrons. The number of carbonyl (C=O) groups is 1. The number of rotatable bonds is 6. The van der Waals surface area contributed by atoms with E-state index in [4.69, 9.17) is 13.9 Å². The van der Waals surface area contributed by atoms with Gasteiger partial charge in [-0.3, -0.25) is 0 Å². The Hall–Kier alpha value is -1.10. The van der Waals surface area contributed by atoms with Crippen LogP contribution >= 0.6 is 0 Å². The number of hydrogen-bond acceptors (Lipinski definition) is 5. The van der Waals surface area contributed by atoms with Crippen LogP contribution in [0.1, 0.15) is 67.7 Å². The lowest BCUT2D eigenvalue weighted by atomic mass is 9.81. The average Bonchev–Trinajstić information content (AvgIpc) is 2.56. The Labute approximate surface area is 172 Å². The molecule has 1 aliphatic heterocycles. The first-order valence-corrected chi connectivity index (χ1v) is 13.2. The third kappa shape index (κ3) is 7.05. The second-order valence-corrected chi connectivity index (χ2v) is 15.2. The number of alkyl carbamates (subject to hydrolysis) is 1. The summed E-state index contributed by atoms with van der Waals surface area (Å²) in [5.74, 6) is 0. The first-order valence-electron chi connectivity index (χ1n) is 10.3. The molecule has 0 aromatic heterocycles. The lowest BCUT2D eigenvalue weighted by Gasteiger charge is -2.43. The van der Waals surface area contributed by atoms with Gasteiger partial charge in [0, 0.05) is 6.54 Å². The number of nitrogens with one attached hydrogen (secondary N) is 1. The van der Waals surface area contributed by atoms with Crippen molar-refractivity contribution in [3.63, 3.8) is 0 Å². The van der Waals surface area contributed by atoms with Crippen LogP contribution in [-0.2, 0) is 13.9 Å². The molecule has 1 N–H and O–H groups in total. The van der Waals surface area contributed by atoms with E-state index in [1.807, 2.05) is 20.8 Å². The van der Waals surface area contributed by atoms with Gasteiger partial charge < -0.3 is 19.2 Å². The molecule has 162 valence electrons. The minimum absolute atomic E-state index is 0.0119. The minimum Gasteiger partial charge on any atom is -0.444 e. The molecule has 0 saturated carbocycles. The van der Waals surface area contributed by atoms with Crippen LogP contribution in [0.15, 0.2) is 0 Å². The average molecular weight is 413 g/mol. The van der Waals surface area contributed by atoms with Crippen LogP contribution in [0.5, 0.6) is 0 Å². The molecule has 3 atom stereocenters. The van der Waals surface area contributed by atoms with E-state index in [1.54, 1.807) is 0 Å². The van der Waals surface area contributed by atoms with Crippen molar-refractivity contribution in [1.82, 2.24) is 5.32 Å². The zero-order valence-electron chi connectivity index (χ0n) is 19.3. The zero-order chi connectivity index (χ0) is 21.8. The summed E-state index contributed by atoms with van der Waals surface area (Å²) in [6.07, 6.45) is 1.82. The lowest BCUT2D eigenvalue weighted by molar-refractivity contribution is -0.0923. The predicted octanol–water partition coefficient (Wildman–Crippen LogP) is 5.00. The van der Waals surface area contributed by atoms with Crippen molar-refractivity contribution >= 4 is 14.4 Å². The van der Waals surface area contributed by atoms with Crippen LogP contribution in [0.2, 0.25) is 18.1 Å².